The lowest BCUT2D eigenvalue weighted by Crippen LogP contribution is -2.49. The van der Waals surface area contributed by atoms with Gasteiger partial charge < -0.3 is 14.5 Å². The predicted molar refractivity (Wildman–Crippen MR) is 105 cm³/mol. The maximum Gasteiger partial charge on any atom is 0.254 e. The zero-order chi connectivity index (χ0) is 18.8. The number of carbonyl (C=O) groups is 1. The number of ether oxygens (including phenoxy) is 1. The number of amides is 1. The number of rotatable bonds is 4. The molecular weight excluding hydrogens is 364 g/mol. The van der Waals surface area contributed by atoms with Crippen molar-refractivity contribution in [3.63, 3.8) is 0 Å². The molecule has 27 heavy (non-hydrogen) atoms. The molecule has 1 unspecified atom stereocenters. The van der Waals surface area contributed by atoms with Crippen molar-refractivity contribution in [2.24, 2.45) is 0 Å². The van der Waals surface area contributed by atoms with Crippen LogP contribution in [0.1, 0.15) is 12.5 Å². The number of hydrogen-bond donors (Lipinski definition) is 0. The molecule has 0 N–H and O–H groups in total. The molecule has 3 heterocycles. The number of aromatic nitrogens is 2. The number of nitrogens with zero attached hydrogens (tertiary/aromatic N) is 4. The van der Waals surface area contributed by atoms with Crippen LogP contribution in [0.4, 0.5) is 5.69 Å². The summed E-state index contributed by atoms with van der Waals surface area (Å²) >= 11 is 1.54. The molecule has 0 bridgehead atoms. The maximum absolute atomic E-state index is 12.8. The maximum atomic E-state index is 12.8. The molecule has 0 radical (unpaired) electrons. The molecule has 2 aliphatic rings. The summed E-state index contributed by atoms with van der Waals surface area (Å²) in [5.41, 5.74) is 0.981. The van der Waals surface area contributed by atoms with Crippen molar-refractivity contribution in [3.8, 4) is 5.75 Å². The summed E-state index contributed by atoms with van der Waals surface area (Å²) in [5.74, 6) is 1.67. The van der Waals surface area contributed by atoms with E-state index in [0.29, 0.717) is 24.7 Å². The van der Waals surface area contributed by atoms with E-state index in [4.69, 9.17) is 4.74 Å². The molecule has 1 aromatic heterocycles. The van der Waals surface area contributed by atoms with E-state index in [2.05, 4.69) is 9.88 Å². The number of carbonyl (C=O) groups excluding carboxylic acids is 1. The molecular formula is C19H22N4O3S. The van der Waals surface area contributed by atoms with Crippen LogP contribution in [-0.4, -0.2) is 59.4 Å². The first kappa shape index (κ1) is 17.9. The highest BCUT2D eigenvalue weighted by Crippen LogP contribution is 2.32. The van der Waals surface area contributed by atoms with E-state index in [0.717, 1.165) is 30.3 Å². The van der Waals surface area contributed by atoms with E-state index in [9.17, 15) is 9.59 Å². The minimum Gasteiger partial charge on any atom is -0.495 e. The molecule has 1 aromatic carbocycles. The van der Waals surface area contributed by atoms with E-state index in [1.165, 1.54) is 24.0 Å². The molecule has 2 aromatic rings. The van der Waals surface area contributed by atoms with Gasteiger partial charge >= 0.3 is 0 Å². The van der Waals surface area contributed by atoms with Crippen molar-refractivity contribution >= 4 is 23.4 Å². The summed E-state index contributed by atoms with van der Waals surface area (Å²) in [7, 11) is 1.67. The Morgan fingerprint density at radius 2 is 2.00 bits per heavy atom. The lowest BCUT2D eigenvalue weighted by atomic mass is 10.1. The van der Waals surface area contributed by atoms with Gasteiger partial charge in [-0.1, -0.05) is 23.9 Å². The first-order valence-electron chi connectivity index (χ1n) is 9.03. The van der Waals surface area contributed by atoms with Crippen molar-refractivity contribution in [3.05, 3.63) is 46.9 Å². The molecule has 7 nitrogen and oxygen atoms in total. The largest absolute Gasteiger partial charge is 0.495 e. The van der Waals surface area contributed by atoms with Crippen LogP contribution >= 0.6 is 11.8 Å². The fourth-order valence-corrected chi connectivity index (χ4v) is 4.78. The van der Waals surface area contributed by atoms with Crippen LogP contribution in [0.2, 0.25) is 0 Å². The lowest BCUT2D eigenvalue weighted by Gasteiger charge is -2.37. The molecule has 8 heteroatoms. The van der Waals surface area contributed by atoms with Gasteiger partial charge in [-0.3, -0.25) is 14.2 Å². The standard InChI is InChI=1S/C19H22N4O3S/c1-26-16-5-3-2-4-15(16)21-8-10-22(11-9-21)18(25)12-14-13-27-19-20-7-6-17(24)23(14)19/h2-7,14H,8-13H2,1H3. The van der Waals surface area contributed by atoms with Crippen LogP contribution in [0.15, 0.2) is 46.5 Å². The Bertz CT molecular complexity index is 893. The highest BCUT2D eigenvalue weighted by atomic mass is 32.2. The summed E-state index contributed by atoms with van der Waals surface area (Å²) in [6, 6.07) is 9.30. The van der Waals surface area contributed by atoms with Crippen LogP contribution in [0, 0.1) is 0 Å². The molecule has 1 fully saturated rings. The second-order valence-electron chi connectivity index (χ2n) is 6.64. The van der Waals surface area contributed by atoms with Crippen molar-refractivity contribution in [2.45, 2.75) is 17.6 Å². The van der Waals surface area contributed by atoms with E-state index < -0.39 is 0 Å². The van der Waals surface area contributed by atoms with Crippen molar-refractivity contribution in [2.75, 3.05) is 43.9 Å². The molecule has 4 rings (SSSR count). The van der Waals surface area contributed by atoms with Gasteiger partial charge in [-0.2, -0.15) is 0 Å². The SMILES string of the molecule is COc1ccccc1N1CCN(C(=O)CC2CSc3nccc(=O)n32)CC1. The average molecular weight is 386 g/mol. The topological polar surface area (TPSA) is 67.7 Å². The lowest BCUT2D eigenvalue weighted by molar-refractivity contribution is -0.132. The zero-order valence-corrected chi connectivity index (χ0v) is 16.0. The van der Waals surface area contributed by atoms with Crippen LogP contribution in [0.25, 0.3) is 0 Å². The Hall–Kier alpha value is -2.48. The second-order valence-corrected chi connectivity index (χ2v) is 7.63. The van der Waals surface area contributed by atoms with Crippen molar-refractivity contribution < 1.29 is 9.53 Å². The summed E-state index contributed by atoms with van der Waals surface area (Å²) in [6.07, 6.45) is 1.88. The normalized spacial score (nSPS) is 19.1. The van der Waals surface area contributed by atoms with Crippen LogP contribution in [-0.2, 0) is 4.79 Å². The molecule has 2 aliphatic heterocycles. The minimum atomic E-state index is -0.106. The van der Waals surface area contributed by atoms with Gasteiger partial charge in [-0.15, -0.1) is 0 Å². The summed E-state index contributed by atoms with van der Waals surface area (Å²) in [6.45, 7) is 2.88. The van der Waals surface area contributed by atoms with E-state index >= 15 is 0 Å². The Balaban J connectivity index is 1.38. The molecule has 1 amide bonds. The average Bonchev–Trinajstić information content (AvgIpc) is 3.12. The fraction of sp³-hybridized carbons (Fsp3) is 0.421. The molecule has 142 valence electrons. The zero-order valence-electron chi connectivity index (χ0n) is 15.2. The predicted octanol–water partition coefficient (Wildman–Crippen LogP) is 1.64. The third-order valence-corrected chi connectivity index (χ3v) is 6.20. The highest BCUT2D eigenvalue weighted by Gasteiger charge is 2.30. The Morgan fingerprint density at radius 3 is 2.78 bits per heavy atom. The first-order chi connectivity index (χ1) is 13.2. The third kappa shape index (κ3) is 3.53. The third-order valence-electron chi connectivity index (χ3n) is 5.08. The fourth-order valence-electron chi connectivity index (χ4n) is 3.66. The van der Waals surface area contributed by atoms with E-state index in [-0.39, 0.29) is 17.5 Å². The molecule has 0 spiro atoms. The minimum absolute atomic E-state index is 0.0798. The number of piperazine rings is 1. The summed E-state index contributed by atoms with van der Waals surface area (Å²) < 4.78 is 7.10. The van der Waals surface area contributed by atoms with Gasteiger partial charge in [0.15, 0.2) is 5.16 Å². The van der Waals surface area contributed by atoms with Gasteiger partial charge in [0, 0.05) is 50.6 Å². The van der Waals surface area contributed by atoms with Crippen molar-refractivity contribution in [1.29, 1.82) is 0 Å². The second kappa shape index (κ2) is 7.64. The highest BCUT2D eigenvalue weighted by molar-refractivity contribution is 7.99. The number of anilines is 1. The van der Waals surface area contributed by atoms with Gasteiger partial charge in [0.25, 0.3) is 5.56 Å². The van der Waals surface area contributed by atoms with E-state index in [1.807, 2.05) is 29.2 Å². The van der Waals surface area contributed by atoms with Gasteiger partial charge in [-0.25, -0.2) is 4.98 Å². The van der Waals surface area contributed by atoms with Gasteiger partial charge in [0.2, 0.25) is 5.91 Å². The quantitative estimate of drug-likeness (QED) is 0.744. The number of hydrogen-bond acceptors (Lipinski definition) is 6. The summed E-state index contributed by atoms with van der Waals surface area (Å²) in [4.78, 5) is 33.3. The first-order valence-corrected chi connectivity index (χ1v) is 10.0. The van der Waals surface area contributed by atoms with Crippen LogP contribution < -0.4 is 15.2 Å². The molecule has 1 atom stereocenters. The van der Waals surface area contributed by atoms with Crippen LogP contribution in [0.3, 0.4) is 0 Å². The Kier molecular flexibility index (Phi) is 5.07. The molecule has 0 saturated carbocycles. The van der Waals surface area contributed by atoms with Crippen LogP contribution in [0.5, 0.6) is 5.75 Å². The number of benzene rings is 1. The Labute approximate surface area is 161 Å². The number of methoxy groups -OCH3 is 1. The Morgan fingerprint density at radius 1 is 1.22 bits per heavy atom. The molecule has 1 saturated heterocycles. The summed E-state index contributed by atoms with van der Waals surface area (Å²) in [5, 5.41) is 0.710. The number of fused-ring (bicyclic) bond motifs is 1. The van der Waals surface area contributed by atoms with Crippen molar-refractivity contribution in [1.82, 2.24) is 14.5 Å². The van der Waals surface area contributed by atoms with Gasteiger partial charge in [-0.05, 0) is 12.1 Å². The number of para-hydroxylation sites is 2. The monoisotopic (exact) mass is 386 g/mol. The number of thioether (sulfide) groups is 1. The van der Waals surface area contributed by atoms with E-state index in [1.54, 1.807) is 11.7 Å². The van der Waals surface area contributed by atoms with Gasteiger partial charge in [0.1, 0.15) is 5.75 Å². The molecule has 0 aliphatic carbocycles. The van der Waals surface area contributed by atoms with Gasteiger partial charge in [0.05, 0.1) is 18.8 Å². The smallest absolute Gasteiger partial charge is 0.254 e.